The van der Waals surface area contributed by atoms with Gasteiger partial charge < -0.3 is 19.3 Å². The van der Waals surface area contributed by atoms with E-state index in [1.807, 2.05) is 0 Å². The third-order valence-electron chi connectivity index (χ3n) is 8.19. The summed E-state index contributed by atoms with van der Waals surface area (Å²) in [7, 11) is 0. The van der Waals surface area contributed by atoms with Crippen molar-refractivity contribution in [2.24, 2.45) is 23.2 Å². The number of rotatable bonds is 3. The molecule has 4 unspecified atom stereocenters. The summed E-state index contributed by atoms with van der Waals surface area (Å²) in [6, 6.07) is 0. The lowest BCUT2D eigenvalue weighted by Crippen LogP contribution is -2.71. The maximum absolute atomic E-state index is 13.5. The largest absolute Gasteiger partial charge is 0.458 e. The molecule has 31 heavy (non-hydrogen) atoms. The standard InChI is InChI=1S/C20H26F6O5/c1-3-15(2,19(21,22)23)14(27)31-16-6-11-4-12(7-16)17(13(5-11)8-16)9-18(28,20(24,25)26)30-10-29-17/h11-13,28H,3-10H2,1-2H3. The molecule has 1 spiro atoms. The van der Waals surface area contributed by atoms with Crippen molar-refractivity contribution < 1.29 is 50.5 Å². The van der Waals surface area contributed by atoms with Crippen molar-refractivity contribution >= 4 is 5.97 Å². The van der Waals surface area contributed by atoms with E-state index in [1.54, 1.807) is 0 Å². The Labute approximate surface area is 175 Å². The lowest BCUT2D eigenvalue weighted by molar-refractivity contribution is -0.444. The summed E-state index contributed by atoms with van der Waals surface area (Å²) in [4.78, 5) is 12.6. The lowest BCUT2D eigenvalue weighted by atomic mass is 9.47. The van der Waals surface area contributed by atoms with Crippen LogP contribution in [0.2, 0.25) is 0 Å². The molecule has 4 aliphatic carbocycles. The number of alkyl halides is 6. The Morgan fingerprint density at radius 1 is 1.06 bits per heavy atom. The fraction of sp³-hybridized carbons (Fsp3) is 0.950. The fourth-order valence-electron chi connectivity index (χ4n) is 6.30. The average molecular weight is 460 g/mol. The first-order valence-corrected chi connectivity index (χ1v) is 10.5. The number of halogens is 6. The maximum atomic E-state index is 13.5. The number of ether oxygens (including phenoxy) is 3. The molecule has 4 saturated carbocycles. The van der Waals surface area contributed by atoms with E-state index < -0.39 is 72.2 Å². The minimum atomic E-state index is -5.02. The van der Waals surface area contributed by atoms with Crippen LogP contribution in [0.4, 0.5) is 26.3 Å². The SMILES string of the molecule is CCC(C)(C(=O)OC12CC3CC(C1)C1(CC(O)(C(F)(F)F)OCO1)C(C3)C2)C(F)(F)F. The van der Waals surface area contributed by atoms with Crippen LogP contribution in [0, 0.1) is 23.2 Å². The highest BCUT2D eigenvalue weighted by atomic mass is 19.4. The van der Waals surface area contributed by atoms with Gasteiger partial charge in [-0.3, -0.25) is 4.79 Å². The Morgan fingerprint density at radius 2 is 1.65 bits per heavy atom. The molecular weight excluding hydrogens is 434 g/mol. The molecule has 5 nitrogen and oxygen atoms in total. The van der Waals surface area contributed by atoms with E-state index in [4.69, 9.17) is 9.47 Å². The van der Waals surface area contributed by atoms with E-state index in [1.165, 1.54) is 6.92 Å². The molecular formula is C20H26F6O5. The zero-order valence-electron chi connectivity index (χ0n) is 17.2. The Hall–Kier alpha value is -1.07. The minimum absolute atomic E-state index is 0.0140. The lowest BCUT2D eigenvalue weighted by Gasteiger charge is -2.66. The van der Waals surface area contributed by atoms with Gasteiger partial charge in [0.1, 0.15) is 5.60 Å². The third kappa shape index (κ3) is 3.28. The highest BCUT2D eigenvalue weighted by Gasteiger charge is 2.71. The average Bonchev–Trinajstić information content (AvgIpc) is 2.63. The molecule has 178 valence electrons. The Bertz CT molecular complexity index is 735. The monoisotopic (exact) mass is 460 g/mol. The van der Waals surface area contributed by atoms with Crippen LogP contribution < -0.4 is 0 Å². The van der Waals surface area contributed by atoms with Crippen LogP contribution in [-0.4, -0.2) is 47.2 Å². The third-order valence-corrected chi connectivity index (χ3v) is 8.19. The second-order valence-corrected chi connectivity index (χ2v) is 9.92. The molecule has 0 radical (unpaired) electrons. The topological polar surface area (TPSA) is 65.0 Å². The van der Waals surface area contributed by atoms with Crippen LogP contribution in [0.25, 0.3) is 0 Å². The summed E-state index contributed by atoms with van der Waals surface area (Å²) in [5.41, 5.74) is -5.12. The predicted octanol–water partition coefficient (Wildman–Crippen LogP) is 4.47. The Kier molecular flexibility index (Phi) is 5.01. The van der Waals surface area contributed by atoms with Gasteiger partial charge in [-0.1, -0.05) is 6.92 Å². The fourth-order valence-corrected chi connectivity index (χ4v) is 6.30. The molecule has 1 saturated heterocycles. The van der Waals surface area contributed by atoms with Gasteiger partial charge in [-0.2, -0.15) is 26.3 Å². The normalized spacial score (nSPS) is 44.4. The van der Waals surface area contributed by atoms with Crippen molar-refractivity contribution in [3.05, 3.63) is 0 Å². The molecule has 0 aromatic heterocycles. The minimum Gasteiger partial charge on any atom is -0.458 e. The zero-order valence-corrected chi connectivity index (χ0v) is 17.2. The molecule has 11 heteroatoms. The summed E-state index contributed by atoms with van der Waals surface area (Å²) >= 11 is 0. The molecule has 4 bridgehead atoms. The van der Waals surface area contributed by atoms with Crippen molar-refractivity contribution in [1.29, 1.82) is 0 Å². The number of carbonyl (C=O) groups excluding carboxylic acids is 1. The number of hydrogen-bond donors (Lipinski definition) is 1. The summed E-state index contributed by atoms with van der Waals surface area (Å²) in [6.07, 6.45) is -9.46. The van der Waals surface area contributed by atoms with Crippen LogP contribution in [0.5, 0.6) is 0 Å². The van der Waals surface area contributed by atoms with Crippen LogP contribution in [0.3, 0.4) is 0 Å². The van der Waals surface area contributed by atoms with Gasteiger partial charge in [-0.25, -0.2) is 0 Å². The quantitative estimate of drug-likeness (QED) is 0.497. The van der Waals surface area contributed by atoms with Crippen LogP contribution >= 0.6 is 0 Å². The molecule has 5 rings (SSSR count). The van der Waals surface area contributed by atoms with Gasteiger partial charge in [-0.05, 0) is 63.2 Å². The van der Waals surface area contributed by atoms with E-state index in [0.717, 1.165) is 6.92 Å². The molecule has 4 atom stereocenters. The molecule has 1 N–H and O–H groups in total. The van der Waals surface area contributed by atoms with Crippen molar-refractivity contribution in [3.63, 3.8) is 0 Å². The van der Waals surface area contributed by atoms with Crippen molar-refractivity contribution in [2.45, 2.75) is 88.1 Å². The van der Waals surface area contributed by atoms with Gasteiger partial charge in [-0.15, -0.1) is 0 Å². The second kappa shape index (κ2) is 6.72. The second-order valence-electron chi connectivity index (χ2n) is 9.92. The van der Waals surface area contributed by atoms with Gasteiger partial charge >= 0.3 is 18.3 Å². The van der Waals surface area contributed by atoms with E-state index in [2.05, 4.69) is 4.74 Å². The van der Waals surface area contributed by atoms with Crippen molar-refractivity contribution in [1.82, 2.24) is 0 Å². The zero-order chi connectivity index (χ0) is 23.1. The summed E-state index contributed by atoms with van der Waals surface area (Å²) in [5.74, 6) is -5.65. The molecule has 1 aliphatic heterocycles. The number of carbonyl (C=O) groups is 1. The first-order valence-electron chi connectivity index (χ1n) is 10.5. The number of aliphatic hydroxyl groups is 1. The van der Waals surface area contributed by atoms with Gasteiger partial charge in [0.2, 0.25) is 0 Å². The molecule has 1 heterocycles. The Morgan fingerprint density at radius 3 is 2.13 bits per heavy atom. The smallest absolute Gasteiger partial charge is 0.443 e. The van der Waals surface area contributed by atoms with Crippen molar-refractivity contribution in [3.8, 4) is 0 Å². The molecule has 0 amide bonds. The number of esters is 1. The molecule has 0 aromatic rings. The van der Waals surface area contributed by atoms with E-state index in [9.17, 15) is 36.2 Å². The molecule has 5 fully saturated rings. The first-order chi connectivity index (χ1) is 14.1. The van der Waals surface area contributed by atoms with Crippen molar-refractivity contribution in [2.75, 3.05) is 6.79 Å². The van der Waals surface area contributed by atoms with Gasteiger partial charge in [0.15, 0.2) is 12.2 Å². The van der Waals surface area contributed by atoms with Crippen LogP contribution in [0.15, 0.2) is 0 Å². The molecule has 5 aliphatic rings. The van der Waals surface area contributed by atoms with E-state index in [-0.39, 0.29) is 18.8 Å². The van der Waals surface area contributed by atoms with Crippen LogP contribution in [-0.2, 0) is 19.0 Å². The summed E-state index contributed by atoms with van der Waals surface area (Å²) in [6.45, 7) is 1.34. The Balaban J connectivity index is 1.60. The summed E-state index contributed by atoms with van der Waals surface area (Å²) < 4.78 is 96.8. The van der Waals surface area contributed by atoms with Gasteiger partial charge in [0.25, 0.3) is 5.79 Å². The highest BCUT2D eigenvalue weighted by molar-refractivity contribution is 5.78. The highest BCUT2D eigenvalue weighted by Crippen LogP contribution is 2.65. The van der Waals surface area contributed by atoms with Crippen LogP contribution in [0.1, 0.15) is 58.8 Å². The number of hydrogen-bond acceptors (Lipinski definition) is 5. The summed E-state index contributed by atoms with van der Waals surface area (Å²) in [5, 5.41) is 10.2. The maximum Gasteiger partial charge on any atom is 0.443 e. The first kappa shape index (κ1) is 23.1. The predicted molar refractivity (Wildman–Crippen MR) is 92.2 cm³/mol. The van der Waals surface area contributed by atoms with Gasteiger partial charge in [0.05, 0.1) is 5.60 Å². The van der Waals surface area contributed by atoms with E-state index >= 15 is 0 Å². The van der Waals surface area contributed by atoms with Gasteiger partial charge in [0, 0.05) is 6.42 Å². The van der Waals surface area contributed by atoms with E-state index in [0.29, 0.717) is 19.3 Å². The molecule has 0 aromatic carbocycles.